The molecular formula is C17H25NO2. The maximum atomic E-state index is 5.44. The average molecular weight is 275 g/mol. The second-order valence-corrected chi connectivity index (χ2v) is 6.81. The molecule has 1 aliphatic heterocycles. The second-order valence-electron chi connectivity index (χ2n) is 6.81. The lowest BCUT2D eigenvalue weighted by Crippen LogP contribution is -2.26. The predicted molar refractivity (Wildman–Crippen MR) is 80.2 cm³/mol. The first-order valence-electron chi connectivity index (χ1n) is 7.69. The van der Waals surface area contributed by atoms with Crippen molar-refractivity contribution in [3.05, 3.63) is 23.8 Å². The first kappa shape index (κ1) is 13.7. The lowest BCUT2D eigenvalue weighted by atomic mass is 9.96. The Bertz CT molecular complexity index is 486. The quantitative estimate of drug-likeness (QED) is 0.863. The molecule has 3 rings (SSSR count). The fourth-order valence-corrected chi connectivity index (χ4v) is 3.03. The van der Waals surface area contributed by atoms with E-state index in [9.17, 15) is 0 Å². The number of aryl methyl sites for hydroxylation is 1. The van der Waals surface area contributed by atoms with Gasteiger partial charge in [0.15, 0.2) is 11.5 Å². The number of fused-ring (bicyclic) bond motifs is 1. The molecule has 2 unspecified atom stereocenters. The molecule has 0 amide bonds. The molecule has 0 bridgehead atoms. The fourth-order valence-electron chi connectivity index (χ4n) is 3.03. The summed E-state index contributed by atoms with van der Waals surface area (Å²) in [7, 11) is 0. The Labute approximate surface area is 121 Å². The van der Waals surface area contributed by atoms with Gasteiger partial charge < -0.3 is 14.8 Å². The Morgan fingerprint density at radius 3 is 2.90 bits per heavy atom. The van der Waals surface area contributed by atoms with Gasteiger partial charge in [0.05, 0.1) is 0 Å². The molecule has 0 aromatic heterocycles. The average Bonchev–Trinajstić information content (AvgIpc) is 2.84. The number of benzene rings is 1. The molecule has 110 valence electrons. The van der Waals surface area contributed by atoms with Gasteiger partial charge in [0, 0.05) is 6.04 Å². The summed E-state index contributed by atoms with van der Waals surface area (Å²) in [5.41, 5.74) is 1.89. The molecule has 0 saturated heterocycles. The molecule has 1 saturated carbocycles. The monoisotopic (exact) mass is 275 g/mol. The summed E-state index contributed by atoms with van der Waals surface area (Å²) < 4.78 is 10.8. The van der Waals surface area contributed by atoms with E-state index >= 15 is 0 Å². The number of nitrogens with one attached hydrogen (secondary N) is 1. The zero-order valence-electron chi connectivity index (χ0n) is 12.7. The van der Waals surface area contributed by atoms with Gasteiger partial charge in [0.2, 0.25) is 6.79 Å². The third-order valence-corrected chi connectivity index (χ3v) is 4.73. The van der Waals surface area contributed by atoms with Crippen LogP contribution in [0.2, 0.25) is 0 Å². The van der Waals surface area contributed by atoms with Crippen molar-refractivity contribution < 1.29 is 9.47 Å². The standard InChI is InChI=1S/C17H25NO2/c1-12(2)18-10-14-9-17(14,3)7-6-13-4-5-15-16(8-13)20-11-19-15/h4-5,8,12,14,18H,6-7,9-11H2,1-3H3. The van der Waals surface area contributed by atoms with E-state index in [1.165, 1.54) is 18.4 Å². The van der Waals surface area contributed by atoms with Gasteiger partial charge in [0.25, 0.3) is 0 Å². The summed E-state index contributed by atoms with van der Waals surface area (Å²) in [5, 5.41) is 3.56. The van der Waals surface area contributed by atoms with Crippen molar-refractivity contribution in [1.82, 2.24) is 5.32 Å². The summed E-state index contributed by atoms with van der Waals surface area (Å²) in [6.07, 6.45) is 3.75. The lowest BCUT2D eigenvalue weighted by Gasteiger charge is -2.13. The SMILES string of the molecule is CC(C)NCC1CC1(C)CCc1ccc2c(c1)OCO2. The zero-order chi connectivity index (χ0) is 14.2. The van der Waals surface area contributed by atoms with Gasteiger partial charge >= 0.3 is 0 Å². The molecule has 0 spiro atoms. The van der Waals surface area contributed by atoms with Crippen molar-refractivity contribution in [2.24, 2.45) is 11.3 Å². The van der Waals surface area contributed by atoms with Crippen molar-refractivity contribution in [3.63, 3.8) is 0 Å². The lowest BCUT2D eigenvalue weighted by molar-refractivity contribution is 0.174. The Kier molecular flexibility index (Phi) is 3.63. The van der Waals surface area contributed by atoms with Crippen molar-refractivity contribution >= 4 is 0 Å². The van der Waals surface area contributed by atoms with Crippen LogP contribution in [0.25, 0.3) is 0 Å². The molecule has 20 heavy (non-hydrogen) atoms. The van der Waals surface area contributed by atoms with E-state index < -0.39 is 0 Å². The molecule has 2 atom stereocenters. The van der Waals surface area contributed by atoms with E-state index in [1.807, 2.05) is 6.07 Å². The highest BCUT2D eigenvalue weighted by atomic mass is 16.7. The molecule has 1 aliphatic carbocycles. The largest absolute Gasteiger partial charge is 0.454 e. The molecule has 0 radical (unpaired) electrons. The van der Waals surface area contributed by atoms with E-state index in [1.54, 1.807) is 0 Å². The van der Waals surface area contributed by atoms with Crippen LogP contribution in [0.1, 0.15) is 39.2 Å². The van der Waals surface area contributed by atoms with Crippen molar-refractivity contribution in [1.29, 1.82) is 0 Å². The van der Waals surface area contributed by atoms with Gasteiger partial charge in [-0.1, -0.05) is 26.8 Å². The van der Waals surface area contributed by atoms with Gasteiger partial charge in [-0.25, -0.2) is 0 Å². The summed E-state index contributed by atoms with van der Waals surface area (Å²) in [6.45, 7) is 8.38. The van der Waals surface area contributed by atoms with Crippen molar-refractivity contribution in [2.45, 2.75) is 46.1 Å². The molecule has 3 nitrogen and oxygen atoms in total. The normalized spacial score (nSPS) is 27.1. The van der Waals surface area contributed by atoms with Crippen LogP contribution in [0, 0.1) is 11.3 Å². The predicted octanol–water partition coefficient (Wildman–Crippen LogP) is 3.37. The van der Waals surface area contributed by atoms with Crippen LogP contribution in [0.3, 0.4) is 0 Å². The van der Waals surface area contributed by atoms with Crippen molar-refractivity contribution in [3.8, 4) is 11.5 Å². The van der Waals surface area contributed by atoms with E-state index in [-0.39, 0.29) is 0 Å². The molecule has 1 aromatic rings. The van der Waals surface area contributed by atoms with Crippen LogP contribution >= 0.6 is 0 Å². The Balaban J connectivity index is 1.50. The van der Waals surface area contributed by atoms with Gasteiger partial charge in [-0.2, -0.15) is 0 Å². The fraction of sp³-hybridized carbons (Fsp3) is 0.647. The molecular weight excluding hydrogens is 250 g/mol. The highest BCUT2D eigenvalue weighted by Gasteiger charge is 2.48. The van der Waals surface area contributed by atoms with E-state index in [4.69, 9.17) is 9.47 Å². The van der Waals surface area contributed by atoms with Gasteiger partial charge in [-0.3, -0.25) is 0 Å². The molecule has 1 N–H and O–H groups in total. The van der Waals surface area contributed by atoms with E-state index in [0.717, 1.165) is 30.4 Å². The van der Waals surface area contributed by atoms with E-state index in [2.05, 4.69) is 38.2 Å². The van der Waals surface area contributed by atoms with E-state index in [0.29, 0.717) is 18.2 Å². The number of hydrogen-bond donors (Lipinski definition) is 1. The molecule has 1 heterocycles. The smallest absolute Gasteiger partial charge is 0.231 e. The minimum Gasteiger partial charge on any atom is -0.454 e. The highest BCUT2D eigenvalue weighted by Crippen LogP contribution is 2.55. The molecule has 2 aliphatic rings. The molecule has 1 aromatic carbocycles. The minimum atomic E-state index is 0.361. The van der Waals surface area contributed by atoms with Crippen LogP contribution in [-0.4, -0.2) is 19.4 Å². The maximum Gasteiger partial charge on any atom is 0.231 e. The van der Waals surface area contributed by atoms with Gasteiger partial charge in [0.1, 0.15) is 0 Å². The summed E-state index contributed by atoms with van der Waals surface area (Å²) in [4.78, 5) is 0. The maximum absolute atomic E-state index is 5.44. The topological polar surface area (TPSA) is 30.5 Å². The van der Waals surface area contributed by atoms with Gasteiger partial charge in [-0.05, 0) is 54.8 Å². The summed E-state index contributed by atoms with van der Waals surface area (Å²) in [5.74, 6) is 2.63. The first-order chi connectivity index (χ1) is 9.57. The zero-order valence-corrected chi connectivity index (χ0v) is 12.7. The second kappa shape index (κ2) is 5.28. The Morgan fingerprint density at radius 1 is 1.30 bits per heavy atom. The Hall–Kier alpha value is -1.22. The van der Waals surface area contributed by atoms with Gasteiger partial charge in [-0.15, -0.1) is 0 Å². The summed E-state index contributed by atoms with van der Waals surface area (Å²) in [6, 6.07) is 6.93. The van der Waals surface area contributed by atoms with Crippen LogP contribution in [-0.2, 0) is 6.42 Å². The number of hydrogen-bond acceptors (Lipinski definition) is 3. The van der Waals surface area contributed by atoms with Crippen molar-refractivity contribution in [2.75, 3.05) is 13.3 Å². The minimum absolute atomic E-state index is 0.361. The highest BCUT2D eigenvalue weighted by molar-refractivity contribution is 5.44. The van der Waals surface area contributed by atoms with Crippen LogP contribution < -0.4 is 14.8 Å². The van der Waals surface area contributed by atoms with Crippen LogP contribution in [0.15, 0.2) is 18.2 Å². The third kappa shape index (κ3) is 2.93. The number of ether oxygens (including phenoxy) is 2. The first-order valence-corrected chi connectivity index (χ1v) is 7.69. The molecule has 1 fully saturated rings. The molecule has 3 heteroatoms. The third-order valence-electron chi connectivity index (χ3n) is 4.73. The summed E-state index contributed by atoms with van der Waals surface area (Å²) >= 11 is 0. The number of rotatable bonds is 6. The van der Waals surface area contributed by atoms with Crippen LogP contribution in [0.4, 0.5) is 0 Å². The Morgan fingerprint density at radius 2 is 2.10 bits per heavy atom. The van der Waals surface area contributed by atoms with Crippen LogP contribution in [0.5, 0.6) is 11.5 Å².